The van der Waals surface area contributed by atoms with E-state index in [1.165, 1.54) is 18.6 Å². The molecule has 1 saturated carbocycles. The van der Waals surface area contributed by atoms with E-state index in [1.54, 1.807) is 6.07 Å². The summed E-state index contributed by atoms with van der Waals surface area (Å²) in [7, 11) is 0. The zero-order valence-electron chi connectivity index (χ0n) is 17.6. The first-order chi connectivity index (χ1) is 15.1. The fourth-order valence-electron chi connectivity index (χ4n) is 4.29. The van der Waals surface area contributed by atoms with E-state index < -0.39 is 11.2 Å². The molecular formula is C23H28FN5O2. The molecule has 0 atom stereocenters. The maximum atomic E-state index is 14.6. The van der Waals surface area contributed by atoms with Crippen LogP contribution in [0.25, 0.3) is 11.3 Å². The van der Waals surface area contributed by atoms with Gasteiger partial charge < -0.3 is 15.2 Å². The highest BCUT2D eigenvalue weighted by Crippen LogP contribution is 2.31. The number of hydrogen-bond acceptors (Lipinski definition) is 7. The van der Waals surface area contributed by atoms with Gasteiger partial charge in [0.05, 0.1) is 35.8 Å². The monoisotopic (exact) mass is 425 g/mol. The summed E-state index contributed by atoms with van der Waals surface area (Å²) in [4.78, 5) is 12.9. The van der Waals surface area contributed by atoms with Crippen molar-refractivity contribution in [3.8, 4) is 23.2 Å². The van der Waals surface area contributed by atoms with E-state index in [1.807, 2.05) is 0 Å². The first-order valence-corrected chi connectivity index (χ1v) is 10.9. The average Bonchev–Trinajstić information content (AvgIpc) is 2.81. The van der Waals surface area contributed by atoms with Crippen molar-refractivity contribution in [2.24, 2.45) is 17.1 Å². The van der Waals surface area contributed by atoms with Crippen molar-refractivity contribution >= 4 is 0 Å². The Morgan fingerprint density at radius 2 is 1.97 bits per heavy atom. The molecule has 3 heterocycles. The van der Waals surface area contributed by atoms with Crippen LogP contribution in [0.1, 0.15) is 44.2 Å². The van der Waals surface area contributed by atoms with Gasteiger partial charge in [0.25, 0.3) is 0 Å². The van der Waals surface area contributed by atoms with Crippen LogP contribution in [-0.4, -0.2) is 40.8 Å². The number of nitrogens with zero attached hydrogens (tertiary/aromatic N) is 4. The van der Waals surface area contributed by atoms with Gasteiger partial charge >= 0.3 is 0 Å². The minimum absolute atomic E-state index is 0.207. The first-order valence-electron chi connectivity index (χ1n) is 10.9. The van der Waals surface area contributed by atoms with Gasteiger partial charge in [0.1, 0.15) is 6.61 Å². The summed E-state index contributed by atoms with van der Waals surface area (Å²) in [5, 5.41) is 9.58. The molecule has 2 N–H and O–H groups in total. The molecule has 2 aromatic heterocycles. The zero-order valence-corrected chi connectivity index (χ0v) is 17.6. The van der Waals surface area contributed by atoms with E-state index in [4.69, 9.17) is 15.2 Å². The van der Waals surface area contributed by atoms with Gasteiger partial charge in [-0.2, -0.15) is 5.26 Å². The number of hydrogen-bond donors (Lipinski definition) is 1. The highest BCUT2D eigenvalue weighted by atomic mass is 19.1. The van der Waals surface area contributed by atoms with Crippen LogP contribution in [-0.2, 0) is 11.2 Å². The fraction of sp³-hybridized carbons (Fsp3) is 0.565. The maximum absolute atomic E-state index is 14.6. The average molecular weight is 426 g/mol. The van der Waals surface area contributed by atoms with E-state index in [0.717, 1.165) is 37.8 Å². The summed E-state index contributed by atoms with van der Waals surface area (Å²) in [6.07, 6.45) is 10.5. The van der Waals surface area contributed by atoms with Crippen LogP contribution >= 0.6 is 0 Å². The molecule has 2 aromatic rings. The van der Waals surface area contributed by atoms with Crippen LogP contribution < -0.4 is 10.5 Å². The molecule has 0 bridgehead atoms. The van der Waals surface area contributed by atoms with Gasteiger partial charge in [0.15, 0.2) is 5.82 Å². The van der Waals surface area contributed by atoms with Gasteiger partial charge in [-0.05, 0) is 56.9 Å². The standard InChI is InChI=1S/C23H28FN5O2/c24-20-11-28-18(9-16-1-3-17(26)4-2-16)10-19(20)21-12-27-13-22(29-21)31-15-23(14-25)5-7-30-8-6-23/h10-13,16-17H,1-9,15,26H2. The molecule has 1 aliphatic carbocycles. The summed E-state index contributed by atoms with van der Waals surface area (Å²) in [5.41, 5.74) is 7.00. The second kappa shape index (κ2) is 9.67. The second-order valence-electron chi connectivity index (χ2n) is 8.68. The molecule has 2 fully saturated rings. The Balaban J connectivity index is 1.47. The molecule has 164 valence electrons. The summed E-state index contributed by atoms with van der Waals surface area (Å²) in [6, 6.07) is 4.42. The molecule has 1 aliphatic heterocycles. The molecule has 0 unspecified atom stereocenters. The lowest BCUT2D eigenvalue weighted by molar-refractivity contribution is 0.0182. The normalized spacial score (nSPS) is 23.1. The van der Waals surface area contributed by atoms with Crippen LogP contribution in [0, 0.1) is 28.5 Å². The lowest BCUT2D eigenvalue weighted by atomic mass is 9.83. The van der Waals surface area contributed by atoms with Crippen LogP contribution in [0.5, 0.6) is 5.88 Å². The Hall–Kier alpha value is -2.63. The van der Waals surface area contributed by atoms with Crippen LogP contribution in [0.3, 0.4) is 0 Å². The molecule has 0 aromatic carbocycles. The maximum Gasteiger partial charge on any atom is 0.232 e. The molecule has 0 spiro atoms. The molecule has 7 nitrogen and oxygen atoms in total. The molecule has 4 rings (SSSR count). The van der Waals surface area contributed by atoms with Crippen molar-refractivity contribution in [1.29, 1.82) is 5.26 Å². The van der Waals surface area contributed by atoms with Crippen molar-refractivity contribution < 1.29 is 13.9 Å². The van der Waals surface area contributed by atoms with Gasteiger partial charge in [0, 0.05) is 30.5 Å². The second-order valence-corrected chi connectivity index (χ2v) is 8.68. The van der Waals surface area contributed by atoms with Crippen LogP contribution in [0.2, 0.25) is 0 Å². The number of aromatic nitrogens is 3. The summed E-state index contributed by atoms with van der Waals surface area (Å²) in [6.45, 7) is 1.29. The predicted octanol–water partition coefficient (Wildman–Crippen LogP) is 3.44. The lowest BCUT2D eigenvalue weighted by Gasteiger charge is -2.29. The topological polar surface area (TPSA) is 107 Å². The molecule has 31 heavy (non-hydrogen) atoms. The quantitative estimate of drug-likeness (QED) is 0.755. The molecular weight excluding hydrogens is 397 g/mol. The number of nitriles is 1. The van der Waals surface area contributed by atoms with Crippen molar-refractivity contribution in [3.63, 3.8) is 0 Å². The van der Waals surface area contributed by atoms with E-state index in [2.05, 4.69) is 21.0 Å². The van der Waals surface area contributed by atoms with Crippen molar-refractivity contribution in [2.45, 2.75) is 51.0 Å². The Morgan fingerprint density at radius 3 is 2.71 bits per heavy atom. The number of nitrogens with two attached hydrogens (primary N) is 1. The predicted molar refractivity (Wildman–Crippen MR) is 112 cm³/mol. The van der Waals surface area contributed by atoms with Crippen LogP contribution in [0.15, 0.2) is 24.7 Å². The largest absolute Gasteiger partial charge is 0.475 e. The van der Waals surface area contributed by atoms with Gasteiger partial charge in [-0.3, -0.25) is 9.97 Å². The smallest absolute Gasteiger partial charge is 0.232 e. The molecule has 1 saturated heterocycles. The summed E-state index contributed by atoms with van der Waals surface area (Å²) in [5.74, 6) is 0.351. The number of rotatable bonds is 6. The fourth-order valence-corrected chi connectivity index (χ4v) is 4.29. The van der Waals surface area contributed by atoms with E-state index in [9.17, 15) is 9.65 Å². The summed E-state index contributed by atoms with van der Waals surface area (Å²) < 4.78 is 25.7. The van der Waals surface area contributed by atoms with E-state index in [-0.39, 0.29) is 12.5 Å². The van der Waals surface area contributed by atoms with Gasteiger partial charge in [-0.25, -0.2) is 9.37 Å². The Morgan fingerprint density at radius 1 is 1.19 bits per heavy atom. The Kier molecular flexibility index (Phi) is 6.73. The van der Waals surface area contributed by atoms with Crippen LogP contribution in [0.4, 0.5) is 4.39 Å². The molecule has 0 amide bonds. The van der Waals surface area contributed by atoms with E-state index >= 15 is 0 Å². The van der Waals surface area contributed by atoms with Gasteiger partial charge in [-0.1, -0.05) is 0 Å². The minimum atomic E-state index is -0.590. The number of ether oxygens (including phenoxy) is 2. The third-order valence-electron chi connectivity index (χ3n) is 6.37. The summed E-state index contributed by atoms with van der Waals surface area (Å²) >= 11 is 0. The SMILES string of the molecule is N#CC1(COc2cncc(-c3cc(CC4CCC(N)CC4)ncc3F)n2)CCOCC1. The first kappa shape index (κ1) is 21.6. The zero-order chi connectivity index (χ0) is 21.7. The van der Waals surface area contributed by atoms with Gasteiger partial charge in [-0.15, -0.1) is 0 Å². The molecule has 2 aliphatic rings. The molecule has 0 radical (unpaired) electrons. The van der Waals surface area contributed by atoms with Crippen molar-refractivity contribution in [2.75, 3.05) is 19.8 Å². The lowest BCUT2D eigenvalue weighted by Crippen LogP contribution is -2.34. The van der Waals surface area contributed by atoms with Crippen molar-refractivity contribution in [3.05, 3.63) is 36.2 Å². The molecule has 8 heteroatoms. The Labute approximate surface area is 181 Å². The number of halogens is 1. The highest BCUT2D eigenvalue weighted by molar-refractivity contribution is 5.59. The number of pyridine rings is 1. The third kappa shape index (κ3) is 5.35. The Bertz CT molecular complexity index is 934. The minimum Gasteiger partial charge on any atom is -0.475 e. The van der Waals surface area contributed by atoms with Gasteiger partial charge in [0.2, 0.25) is 5.88 Å². The third-order valence-corrected chi connectivity index (χ3v) is 6.37. The van der Waals surface area contributed by atoms with Crippen molar-refractivity contribution in [1.82, 2.24) is 15.0 Å². The highest BCUT2D eigenvalue weighted by Gasteiger charge is 2.34. The van der Waals surface area contributed by atoms with E-state index in [0.29, 0.717) is 49.3 Å².